The Hall–Kier alpha value is -1.84. The van der Waals surface area contributed by atoms with Crippen molar-refractivity contribution in [2.24, 2.45) is 11.8 Å². The lowest BCUT2D eigenvalue weighted by Crippen LogP contribution is -2.54. The number of alkyl carbamates (subject to hydrolysis) is 1. The first-order valence-electron chi connectivity index (χ1n) is 10.0. The highest BCUT2D eigenvalue weighted by Gasteiger charge is 2.57. The van der Waals surface area contributed by atoms with E-state index in [4.69, 9.17) is 4.74 Å². The van der Waals surface area contributed by atoms with Crippen molar-refractivity contribution in [1.29, 1.82) is 0 Å². The van der Waals surface area contributed by atoms with Crippen LogP contribution >= 0.6 is 0 Å². The van der Waals surface area contributed by atoms with Crippen LogP contribution in [0.5, 0.6) is 0 Å². The van der Waals surface area contributed by atoms with E-state index in [0.29, 0.717) is 19.4 Å². The summed E-state index contributed by atoms with van der Waals surface area (Å²) in [5, 5.41) is 2.65. The Morgan fingerprint density at radius 1 is 1.28 bits per heavy atom. The number of ether oxygens (including phenoxy) is 1. The van der Waals surface area contributed by atoms with Crippen LogP contribution in [-0.4, -0.2) is 72.1 Å². The van der Waals surface area contributed by atoms with Gasteiger partial charge in [0.2, 0.25) is 21.8 Å². The SMILES string of the molecule is CC[C@H]1C(=O)N(S(C)(=O)=O)[C@H]2CCN(C(=O)[C@@H](NC(=O)OC(C)(C)C)C(C)C)[C@H]12. The summed E-state index contributed by atoms with van der Waals surface area (Å²) in [5.41, 5.74) is -0.700. The second kappa shape index (κ2) is 8.12. The Balaban J connectivity index is 2.27. The normalized spacial score (nSPS) is 25.9. The van der Waals surface area contributed by atoms with Gasteiger partial charge in [-0.25, -0.2) is 17.5 Å². The van der Waals surface area contributed by atoms with Crippen LogP contribution in [0.1, 0.15) is 54.4 Å². The van der Waals surface area contributed by atoms with E-state index in [1.54, 1.807) is 25.7 Å². The van der Waals surface area contributed by atoms with Gasteiger partial charge >= 0.3 is 6.09 Å². The van der Waals surface area contributed by atoms with E-state index < -0.39 is 51.7 Å². The zero-order chi connectivity index (χ0) is 22.3. The standard InChI is InChI=1S/C19H33N3O6S/c1-8-12-15-13(22(16(12)23)29(7,26)27)9-10-21(15)17(24)14(11(2)3)20-18(25)28-19(4,5)6/h11-15H,8-10H2,1-7H3,(H,20,25)/t12-,13+,14+,15-/m1/s1. The fraction of sp³-hybridized carbons (Fsp3) is 0.842. The van der Waals surface area contributed by atoms with Crippen molar-refractivity contribution in [3.05, 3.63) is 0 Å². The zero-order valence-electron chi connectivity index (χ0n) is 18.3. The first-order chi connectivity index (χ1) is 13.2. The first kappa shape index (κ1) is 23.4. The summed E-state index contributed by atoms with van der Waals surface area (Å²) in [6.45, 7) is 11.0. The van der Waals surface area contributed by atoms with Crippen LogP contribution < -0.4 is 5.32 Å². The number of fused-ring (bicyclic) bond motifs is 1. The van der Waals surface area contributed by atoms with E-state index in [2.05, 4.69) is 5.32 Å². The number of likely N-dealkylation sites (tertiary alicyclic amines) is 1. The molecule has 0 aromatic rings. The van der Waals surface area contributed by atoms with Crippen LogP contribution in [0.4, 0.5) is 4.79 Å². The van der Waals surface area contributed by atoms with Crippen molar-refractivity contribution >= 4 is 27.9 Å². The van der Waals surface area contributed by atoms with Crippen molar-refractivity contribution in [1.82, 2.24) is 14.5 Å². The molecule has 4 atom stereocenters. The predicted molar refractivity (Wildman–Crippen MR) is 107 cm³/mol. The summed E-state index contributed by atoms with van der Waals surface area (Å²) < 4.78 is 30.6. The van der Waals surface area contributed by atoms with Gasteiger partial charge in [-0.05, 0) is 39.5 Å². The molecule has 2 heterocycles. The molecule has 0 aliphatic carbocycles. The van der Waals surface area contributed by atoms with Crippen LogP contribution in [0, 0.1) is 11.8 Å². The van der Waals surface area contributed by atoms with Crippen molar-refractivity contribution in [3.8, 4) is 0 Å². The van der Waals surface area contributed by atoms with Crippen LogP contribution in [-0.2, 0) is 24.3 Å². The summed E-state index contributed by atoms with van der Waals surface area (Å²) in [7, 11) is -3.72. The third-order valence-corrected chi connectivity index (χ3v) is 6.52. The molecule has 2 fully saturated rings. The van der Waals surface area contributed by atoms with E-state index in [9.17, 15) is 22.8 Å². The molecule has 0 bridgehead atoms. The second-order valence-corrected chi connectivity index (χ2v) is 11.0. The van der Waals surface area contributed by atoms with Crippen LogP contribution in [0.2, 0.25) is 0 Å². The largest absolute Gasteiger partial charge is 0.444 e. The minimum atomic E-state index is -3.72. The molecule has 1 N–H and O–H groups in total. The summed E-state index contributed by atoms with van der Waals surface area (Å²) in [4.78, 5) is 39.9. The van der Waals surface area contributed by atoms with Crippen molar-refractivity contribution in [3.63, 3.8) is 0 Å². The maximum absolute atomic E-state index is 13.3. The van der Waals surface area contributed by atoms with E-state index in [-0.39, 0.29) is 11.8 Å². The molecule has 0 saturated carbocycles. The fourth-order valence-electron chi connectivity index (χ4n) is 4.22. The highest BCUT2D eigenvalue weighted by atomic mass is 32.2. The minimum absolute atomic E-state index is 0.211. The molecule has 0 aromatic heterocycles. The lowest BCUT2D eigenvalue weighted by molar-refractivity contribution is -0.137. The third-order valence-electron chi connectivity index (χ3n) is 5.35. The van der Waals surface area contributed by atoms with Gasteiger partial charge in [0, 0.05) is 6.54 Å². The summed E-state index contributed by atoms with van der Waals surface area (Å²) in [6, 6.07) is -1.90. The van der Waals surface area contributed by atoms with Gasteiger partial charge in [0.05, 0.1) is 24.3 Å². The molecule has 2 rings (SSSR count). The van der Waals surface area contributed by atoms with Gasteiger partial charge in [0.15, 0.2) is 0 Å². The Morgan fingerprint density at radius 3 is 2.31 bits per heavy atom. The summed E-state index contributed by atoms with van der Waals surface area (Å²) in [5.74, 6) is -1.56. The average Bonchev–Trinajstić information content (AvgIpc) is 3.05. The van der Waals surface area contributed by atoms with Crippen LogP contribution in [0.25, 0.3) is 0 Å². The number of carbonyl (C=O) groups excluding carboxylic acids is 3. The Kier molecular flexibility index (Phi) is 6.56. The topological polar surface area (TPSA) is 113 Å². The number of nitrogens with zero attached hydrogens (tertiary/aromatic N) is 2. The number of amides is 3. The maximum atomic E-state index is 13.3. The average molecular weight is 432 g/mol. The van der Waals surface area contributed by atoms with E-state index in [1.807, 2.05) is 20.8 Å². The number of nitrogens with one attached hydrogen (secondary N) is 1. The molecule has 2 aliphatic rings. The first-order valence-corrected chi connectivity index (χ1v) is 11.9. The quantitative estimate of drug-likeness (QED) is 0.703. The number of hydrogen-bond acceptors (Lipinski definition) is 6. The van der Waals surface area contributed by atoms with E-state index >= 15 is 0 Å². The van der Waals surface area contributed by atoms with Crippen LogP contribution in [0.3, 0.4) is 0 Å². The highest BCUT2D eigenvalue weighted by Crippen LogP contribution is 2.39. The monoisotopic (exact) mass is 431 g/mol. The van der Waals surface area contributed by atoms with Gasteiger partial charge in [0.25, 0.3) is 0 Å². The molecule has 2 aliphatic heterocycles. The third kappa shape index (κ3) is 4.84. The molecular weight excluding hydrogens is 398 g/mol. The Morgan fingerprint density at radius 2 is 1.86 bits per heavy atom. The summed E-state index contributed by atoms with van der Waals surface area (Å²) >= 11 is 0. The van der Waals surface area contributed by atoms with E-state index in [0.717, 1.165) is 10.6 Å². The highest BCUT2D eigenvalue weighted by molar-refractivity contribution is 7.88. The maximum Gasteiger partial charge on any atom is 0.408 e. The molecule has 9 nitrogen and oxygen atoms in total. The van der Waals surface area contributed by atoms with Crippen LogP contribution in [0.15, 0.2) is 0 Å². The number of rotatable bonds is 5. The molecule has 2 saturated heterocycles. The van der Waals surface area contributed by atoms with Gasteiger partial charge in [0.1, 0.15) is 11.6 Å². The molecule has 29 heavy (non-hydrogen) atoms. The molecule has 0 spiro atoms. The van der Waals surface area contributed by atoms with Crippen molar-refractivity contribution in [2.45, 2.75) is 78.1 Å². The fourth-order valence-corrected chi connectivity index (χ4v) is 5.41. The second-order valence-electron chi connectivity index (χ2n) is 9.16. The molecule has 166 valence electrons. The van der Waals surface area contributed by atoms with Gasteiger partial charge in [-0.15, -0.1) is 0 Å². The summed E-state index contributed by atoms with van der Waals surface area (Å²) in [6.07, 6.45) is 1.16. The Bertz CT molecular complexity index is 773. The minimum Gasteiger partial charge on any atom is -0.444 e. The van der Waals surface area contributed by atoms with Crippen molar-refractivity contribution < 1.29 is 27.5 Å². The molecule has 3 amide bonds. The van der Waals surface area contributed by atoms with E-state index in [1.165, 1.54) is 0 Å². The van der Waals surface area contributed by atoms with Gasteiger partial charge in [-0.3, -0.25) is 9.59 Å². The number of carbonyl (C=O) groups is 3. The zero-order valence-corrected chi connectivity index (χ0v) is 19.1. The Labute approximate surface area is 173 Å². The molecule has 0 radical (unpaired) electrons. The van der Waals surface area contributed by atoms with Crippen molar-refractivity contribution in [2.75, 3.05) is 12.8 Å². The number of hydrogen-bond donors (Lipinski definition) is 1. The molecule has 10 heteroatoms. The predicted octanol–water partition coefficient (Wildman–Crippen LogP) is 1.33. The lowest BCUT2D eigenvalue weighted by atomic mass is 9.95. The van der Waals surface area contributed by atoms with Gasteiger partial charge in [-0.2, -0.15) is 0 Å². The molecule has 0 aromatic carbocycles. The van der Waals surface area contributed by atoms with Gasteiger partial charge < -0.3 is 15.0 Å². The molecular formula is C19H33N3O6S. The number of sulfonamides is 1. The smallest absolute Gasteiger partial charge is 0.408 e. The molecule has 0 unspecified atom stereocenters. The lowest BCUT2D eigenvalue weighted by Gasteiger charge is -2.32. The van der Waals surface area contributed by atoms with Gasteiger partial charge in [-0.1, -0.05) is 20.8 Å².